The molecule has 1 saturated heterocycles. The number of anilines is 2. The minimum absolute atomic E-state index is 0.0252. The number of hydrogen-bond donors (Lipinski definition) is 1. The van der Waals surface area contributed by atoms with Crippen LogP contribution in [0.25, 0.3) is 16.2 Å². The number of thiazole rings is 1. The predicted octanol–water partition coefficient (Wildman–Crippen LogP) is 3.85. The van der Waals surface area contributed by atoms with Crippen LogP contribution in [0.2, 0.25) is 0 Å². The fraction of sp³-hybridized carbons (Fsp3) is 0.240. The zero-order valence-electron chi connectivity index (χ0n) is 19.4. The van der Waals surface area contributed by atoms with Gasteiger partial charge in [-0.3, -0.25) is 14.9 Å². The Kier molecular flexibility index (Phi) is 5.81. The van der Waals surface area contributed by atoms with E-state index in [1.165, 1.54) is 28.9 Å². The number of carbonyl (C=O) groups excluding carboxylic acids is 3. The second-order valence-electron chi connectivity index (χ2n) is 8.47. The van der Waals surface area contributed by atoms with E-state index in [2.05, 4.69) is 27.5 Å². The van der Waals surface area contributed by atoms with E-state index in [1.807, 2.05) is 25.3 Å². The number of methoxy groups -OCH3 is 1. The number of amides is 2. The summed E-state index contributed by atoms with van der Waals surface area (Å²) in [5.74, 6) is -1.54. The molecule has 1 atom stereocenters. The Hall–Kier alpha value is -4.05. The van der Waals surface area contributed by atoms with Crippen molar-refractivity contribution in [2.24, 2.45) is 5.92 Å². The van der Waals surface area contributed by atoms with E-state index in [0.29, 0.717) is 10.6 Å². The molecular formula is C25H23N5O4S. The van der Waals surface area contributed by atoms with Gasteiger partial charge in [0.2, 0.25) is 22.7 Å². The summed E-state index contributed by atoms with van der Waals surface area (Å²) in [6, 6.07) is 12.9. The van der Waals surface area contributed by atoms with Gasteiger partial charge in [0, 0.05) is 23.9 Å². The van der Waals surface area contributed by atoms with Crippen LogP contribution in [0.1, 0.15) is 27.9 Å². The maximum absolute atomic E-state index is 13.0. The SMILES string of the molecule is COC(=O)c1ccccc1N1CC(C(=O)Nc2nc3scc(-c4ccc(C)cc4C)n3n2)CC1=O. The van der Waals surface area contributed by atoms with Crippen LogP contribution in [0, 0.1) is 19.8 Å². The first-order chi connectivity index (χ1) is 16.9. The number of aromatic nitrogens is 3. The van der Waals surface area contributed by atoms with Gasteiger partial charge in [-0.05, 0) is 31.5 Å². The summed E-state index contributed by atoms with van der Waals surface area (Å²) in [5, 5.41) is 9.24. The fourth-order valence-electron chi connectivity index (χ4n) is 4.34. The van der Waals surface area contributed by atoms with Gasteiger partial charge >= 0.3 is 5.97 Å². The lowest BCUT2D eigenvalue weighted by molar-refractivity contribution is -0.122. The molecular weight excluding hydrogens is 466 g/mol. The van der Waals surface area contributed by atoms with Gasteiger partial charge < -0.3 is 9.64 Å². The molecule has 2 aromatic heterocycles. The second kappa shape index (κ2) is 8.95. The number of hydrogen-bond acceptors (Lipinski definition) is 7. The van der Waals surface area contributed by atoms with Gasteiger partial charge in [0.25, 0.3) is 0 Å². The topological polar surface area (TPSA) is 106 Å². The number of fused-ring (bicyclic) bond motifs is 1. The largest absolute Gasteiger partial charge is 0.465 e. The van der Waals surface area contributed by atoms with Crippen molar-refractivity contribution in [1.29, 1.82) is 0 Å². The quantitative estimate of drug-likeness (QED) is 0.427. The van der Waals surface area contributed by atoms with Gasteiger partial charge in [-0.15, -0.1) is 16.4 Å². The Bertz CT molecular complexity index is 1470. The average Bonchev–Trinajstić information content (AvgIpc) is 3.53. The lowest BCUT2D eigenvalue weighted by atomic mass is 10.0. The molecule has 1 fully saturated rings. The number of esters is 1. The van der Waals surface area contributed by atoms with E-state index < -0.39 is 11.9 Å². The number of benzene rings is 2. The summed E-state index contributed by atoms with van der Waals surface area (Å²) in [7, 11) is 1.29. The third-order valence-corrected chi connectivity index (χ3v) is 6.89. The smallest absolute Gasteiger partial charge is 0.339 e. The summed E-state index contributed by atoms with van der Waals surface area (Å²) < 4.78 is 6.55. The monoisotopic (exact) mass is 489 g/mol. The van der Waals surface area contributed by atoms with Crippen molar-refractivity contribution in [3.8, 4) is 11.3 Å². The Morgan fingerprint density at radius 1 is 1.17 bits per heavy atom. The van der Waals surface area contributed by atoms with Gasteiger partial charge in [-0.2, -0.15) is 4.98 Å². The van der Waals surface area contributed by atoms with Crippen LogP contribution in [-0.4, -0.2) is 46.0 Å². The normalized spacial score (nSPS) is 15.6. The number of para-hydroxylation sites is 1. The van der Waals surface area contributed by atoms with Crippen molar-refractivity contribution >= 4 is 45.7 Å². The van der Waals surface area contributed by atoms with Crippen LogP contribution in [0.4, 0.5) is 11.6 Å². The molecule has 4 aromatic rings. The highest BCUT2D eigenvalue weighted by atomic mass is 32.1. The van der Waals surface area contributed by atoms with Crippen LogP contribution < -0.4 is 10.2 Å². The summed E-state index contributed by atoms with van der Waals surface area (Å²) in [6.07, 6.45) is 0.0252. The third kappa shape index (κ3) is 4.17. The third-order valence-electron chi connectivity index (χ3n) is 6.07. The zero-order chi connectivity index (χ0) is 24.7. The van der Waals surface area contributed by atoms with Crippen molar-refractivity contribution in [3.63, 3.8) is 0 Å². The Morgan fingerprint density at radius 2 is 1.97 bits per heavy atom. The first-order valence-corrected chi connectivity index (χ1v) is 11.9. The minimum Gasteiger partial charge on any atom is -0.465 e. The molecule has 1 aliphatic rings. The lowest BCUT2D eigenvalue weighted by Gasteiger charge is -2.19. The first kappa shape index (κ1) is 22.7. The molecule has 35 heavy (non-hydrogen) atoms. The summed E-state index contributed by atoms with van der Waals surface area (Å²) in [4.78, 5) is 44.4. The number of carbonyl (C=O) groups is 3. The number of rotatable bonds is 5. The first-order valence-electron chi connectivity index (χ1n) is 11.1. The number of ether oxygens (including phenoxy) is 1. The van der Waals surface area contributed by atoms with Crippen molar-refractivity contribution in [2.45, 2.75) is 20.3 Å². The molecule has 9 nitrogen and oxygen atoms in total. The molecule has 10 heteroatoms. The van der Waals surface area contributed by atoms with Crippen LogP contribution in [0.5, 0.6) is 0 Å². The molecule has 0 aliphatic carbocycles. The second-order valence-corrected chi connectivity index (χ2v) is 9.31. The van der Waals surface area contributed by atoms with Crippen LogP contribution in [0.15, 0.2) is 47.8 Å². The van der Waals surface area contributed by atoms with Crippen LogP contribution in [-0.2, 0) is 14.3 Å². The number of aryl methyl sites for hydroxylation is 2. The van der Waals surface area contributed by atoms with E-state index >= 15 is 0 Å². The number of nitrogens with zero attached hydrogens (tertiary/aromatic N) is 4. The standard InChI is InChI=1S/C25H23N5O4S/c1-14-8-9-17(15(2)10-14)20-13-35-25-27-24(28-30(20)25)26-22(32)16-11-21(31)29(12-16)19-7-5-4-6-18(19)23(33)34-3/h4-10,13,16H,11-12H2,1-3H3,(H,26,28,32). The van der Waals surface area contributed by atoms with Gasteiger partial charge in [-0.25, -0.2) is 9.31 Å². The minimum atomic E-state index is -0.603. The number of nitrogens with one attached hydrogen (secondary N) is 1. The Morgan fingerprint density at radius 3 is 2.74 bits per heavy atom. The maximum atomic E-state index is 13.0. The summed E-state index contributed by atoms with van der Waals surface area (Å²) >= 11 is 1.44. The van der Waals surface area contributed by atoms with Gasteiger partial charge in [0.15, 0.2) is 0 Å². The van der Waals surface area contributed by atoms with Gasteiger partial charge in [0.1, 0.15) is 0 Å². The van der Waals surface area contributed by atoms with Crippen LogP contribution in [0.3, 0.4) is 0 Å². The van der Waals surface area contributed by atoms with Gasteiger partial charge in [-0.1, -0.05) is 35.9 Å². The molecule has 178 valence electrons. The maximum Gasteiger partial charge on any atom is 0.339 e. The predicted molar refractivity (Wildman–Crippen MR) is 133 cm³/mol. The molecule has 2 amide bonds. The fourth-order valence-corrected chi connectivity index (χ4v) is 5.16. The lowest BCUT2D eigenvalue weighted by Crippen LogP contribution is -2.29. The highest BCUT2D eigenvalue weighted by molar-refractivity contribution is 7.15. The molecule has 0 bridgehead atoms. The summed E-state index contributed by atoms with van der Waals surface area (Å²) in [6.45, 7) is 4.24. The molecule has 1 unspecified atom stereocenters. The van der Waals surface area contributed by atoms with Crippen molar-refractivity contribution in [1.82, 2.24) is 14.6 Å². The van der Waals surface area contributed by atoms with Crippen LogP contribution >= 0.6 is 11.3 Å². The van der Waals surface area contributed by atoms with E-state index in [1.54, 1.807) is 28.8 Å². The van der Waals surface area contributed by atoms with E-state index in [4.69, 9.17) is 4.74 Å². The zero-order valence-corrected chi connectivity index (χ0v) is 20.3. The van der Waals surface area contributed by atoms with E-state index in [-0.39, 0.29) is 36.3 Å². The molecule has 1 aliphatic heterocycles. The van der Waals surface area contributed by atoms with E-state index in [9.17, 15) is 14.4 Å². The summed E-state index contributed by atoms with van der Waals surface area (Å²) in [5.41, 5.74) is 4.96. The van der Waals surface area contributed by atoms with Crippen molar-refractivity contribution in [3.05, 3.63) is 64.5 Å². The molecule has 2 aromatic carbocycles. The highest BCUT2D eigenvalue weighted by Gasteiger charge is 2.37. The molecule has 5 rings (SSSR count). The Balaban J connectivity index is 1.35. The van der Waals surface area contributed by atoms with Crippen molar-refractivity contribution < 1.29 is 19.1 Å². The molecule has 0 spiro atoms. The molecule has 0 radical (unpaired) electrons. The van der Waals surface area contributed by atoms with Crippen molar-refractivity contribution in [2.75, 3.05) is 23.9 Å². The highest BCUT2D eigenvalue weighted by Crippen LogP contribution is 2.31. The molecule has 3 heterocycles. The molecule has 1 N–H and O–H groups in total. The van der Waals surface area contributed by atoms with E-state index in [0.717, 1.165) is 16.8 Å². The Labute approximate surface area is 205 Å². The average molecular weight is 490 g/mol. The van der Waals surface area contributed by atoms with Gasteiger partial charge in [0.05, 0.1) is 30.0 Å². The molecule has 0 saturated carbocycles.